The van der Waals surface area contributed by atoms with Gasteiger partial charge in [-0.15, -0.1) is 0 Å². The zero-order valence-electron chi connectivity index (χ0n) is 12.9. The largest absolute Gasteiger partial charge is 0.395 e. The minimum atomic E-state index is -0.397. The number of anilines is 2. The van der Waals surface area contributed by atoms with E-state index in [0.717, 1.165) is 11.3 Å². The summed E-state index contributed by atoms with van der Waals surface area (Å²) in [5.41, 5.74) is 4.99. The minimum Gasteiger partial charge on any atom is -0.395 e. The van der Waals surface area contributed by atoms with Gasteiger partial charge in [-0.25, -0.2) is 10.2 Å². The van der Waals surface area contributed by atoms with Crippen molar-refractivity contribution in [1.29, 1.82) is 0 Å². The molecule has 0 saturated heterocycles. The molecule has 0 aliphatic carbocycles. The fraction of sp³-hybridized carbons (Fsp3) is 0.176. The van der Waals surface area contributed by atoms with E-state index in [9.17, 15) is 4.79 Å². The maximum Gasteiger partial charge on any atom is 0.339 e. The Morgan fingerprint density at radius 3 is 2.52 bits per heavy atom. The first-order chi connectivity index (χ1) is 11.2. The molecule has 6 nitrogen and oxygen atoms in total. The number of nitrogens with zero attached hydrogens (tertiary/aromatic N) is 2. The SMILES string of the molecule is CN(CCO)c1ccc(/C=N\NC(=O)Nc2ccccc2)cc1. The third-order valence-corrected chi connectivity index (χ3v) is 3.18. The second-order valence-corrected chi connectivity index (χ2v) is 4.93. The predicted octanol–water partition coefficient (Wildman–Crippen LogP) is 2.27. The van der Waals surface area contributed by atoms with Crippen LogP contribution < -0.4 is 15.6 Å². The van der Waals surface area contributed by atoms with Crippen molar-refractivity contribution in [2.75, 3.05) is 30.4 Å². The van der Waals surface area contributed by atoms with Gasteiger partial charge in [-0.05, 0) is 29.8 Å². The zero-order valence-corrected chi connectivity index (χ0v) is 12.9. The van der Waals surface area contributed by atoms with Gasteiger partial charge in [0.15, 0.2) is 0 Å². The van der Waals surface area contributed by atoms with Crippen LogP contribution in [0.25, 0.3) is 0 Å². The first kappa shape index (κ1) is 16.5. The number of hydrogen-bond acceptors (Lipinski definition) is 4. The third kappa shape index (κ3) is 5.44. The Labute approximate surface area is 135 Å². The standard InChI is InChI=1S/C17H20N4O2/c1-21(11-12-22)16-9-7-14(8-10-16)13-18-20-17(23)19-15-5-3-2-4-6-15/h2-10,13,22H,11-12H2,1H3,(H2,19,20,23)/b18-13-. The molecule has 23 heavy (non-hydrogen) atoms. The second kappa shape index (κ2) is 8.55. The normalized spacial score (nSPS) is 10.5. The molecule has 0 aliphatic rings. The monoisotopic (exact) mass is 312 g/mol. The van der Waals surface area contributed by atoms with Gasteiger partial charge in [0, 0.05) is 25.0 Å². The molecule has 0 heterocycles. The molecule has 2 aromatic rings. The lowest BCUT2D eigenvalue weighted by Gasteiger charge is -2.17. The lowest BCUT2D eigenvalue weighted by Crippen LogP contribution is -2.24. The molecule has 0 saturated carbocycles. The number of aliphatic hydroxyl groups excluding tert-OH is 1. The highest BCUT2D eigenvalue weighted by Gasteiger charge is 2.00. The molecule has 0 aliphatic heterocycles. The van der Waals surface area contributed by atoms with E-state index in [0.29, 0.717) is 12.2 Å². The molecule has 0 spiro atoms. The molecule has 0 aromatic heterocycles. The number of aliphatic hydroxyl groups is 1. The van der Waals surface area contributed by atoms with Gasteiger partial charge < -0.3 is 15.3 Å². The lowest BCUT2D eigenvalue weighted by molar-refractivity contribution is 0.252. The number of likely N-dealkylation sites (N-methyl/N-ethyl adjacent to an activating group) is 1. The molecule has 0 fully saturated rings. The van der Waals surface area contributed by atoms with Gasteiger partial charge in [0.1, 0.15) is 0 Å². The van der Waals surface area contributed by atoms with E-state index >= 15 is 0 Å². The van der Waals surface area contributed by atoms with Gasteiger partial charge in [-0.3, -0.25) is 0 Å². The number of carbonyl (C=O) groups is 1. The molecule has 0 unspecified atom stereocenters. The van der Waals surface area contributed by atoms with Gasteiger partial charge in [-0.2, -0.15) is 5.10 Å². The van der Waals surface area contributed by atoms with Crippen LogP contribution >= 0.6 is 0 Å². The Bertz CT molecular complexity index is 641. The highest BCUT2D eigenvalue weighted by atomic mass is 16.3. The molecule has 2 rings (SSSR count). The fourth-order valence-corrected chi connectivity index (χ4v) is 1.94. The molecule has 2 aromatic carbocycles. The van der Waals surface area contributed by atoms with E-state index in [4.69, 9.17) is 5.11 Å². The maximum atomic E-state index is 11.7. The molecular formula is C17H20N4O2. The highest BCUT2D eigenvalue weighted by Crippen LogP contribution is 2.12. The van der Waals surface area contributed by atoms with Crippen molar-refractivity contribution < 1.29 is 9.90 Å². The van der Waals surface area contributed by atoms with Crippen LogP contribution in [0, 0.1) is 0 Å². The van der Waals surface area contributed by atoms with Crippen molar-refractivity contribution in [3.8, 4) is 0 Å². The number of nitrogens with one attached hydrogen (secondary N) is 2. The maximum absolute atomic E-state index is 11.7. The van der Waals surface area contributed by atoms with Crippen LogP contribution in [-0.4, -0.2) is 37.6 Å². The zero-order chi connectivity index (χ0) is 16.5. The summed E-state index contributed by atoms with van der Waals surface area (Å²) < 4.78 is 0. The molecule has 0 bridgehead atoms. The molecule has 120 valence electrons. The van der Waals surface area contributed by atoms with Crippen LogP contribution in [0.1, 0.15) is 5.56 Å². The Hall–Kier alpha value is -2.86. The number of benzene rings is 2. The van der Waals surface area contributed by atoms with Gasteiger partial charge in [0.25, 0.3) is 0 Å². The van der Waals surface area contributed by atoms with Crippen molar-refractivity contribution >= 4 is 23.6 Å². The van der Waals surface area contributed by atoms with Crippen molar-refractivity contribution in [2.24, 2.45) is 5.10 Å². The smallest absolute Gasteiger partial charge is 0.339 e. The van der Waals surface area contributed by atoms with E-state index in [2.05, 4.69) is 15.8 Å². The first-order valence-corrected chi connectivity index (χ1v) is 7.26. The van der Waals surface area contributed by atoms with E-state index in [1.807, 2.05) is 54.4 Å². The molecule has 2 amide bonds. The minimum absolute atomic E-state index is 0.111. The average Bonchev–Trinajstić information content (AvgIpc) is 2.56. The van der Waals surface area contributed by atoms with Crippen molar-refractivity contribution in [1.82, 2.24) is 5.43 Å². The van der Waals surface area contributed by atoms with Gasteiger partial charge in [0.2, 0.25) is 0 Å². The number of rotatable bonds is 6. The fourth-order valence-electron chi connectivity index (χ4n) is 1.94. The van der Waals surface area contributed by atoms with Gasteiger partial charge in [-0.1, -0.05) is 30.3 Å². The summed E-state index contributed by atoms with van der Waals surface area (Å²) in [4.78, 5) is 13.6. The summed E-state index contributed by atoms with van der Waals surface area (Å²) in [6.45, 7) is 0.689. The number of amides is 2. The van der Waals surface area contributed by atoms with Gasteiger partial charge in [0.05, 0.1) is 12.8 Å². The summed E-state index contributed by atoms with van der Waals surface area (Å²) in [7, 11) is 1.91. The number of urea groups is 1. The van der Waals surface area contributed by atoms with E-state index in [-0.39, 0.29) is 6.61 Å². The molecule has 0 atom stereocenters. The summed E-state index contributed by atoms with van der Waals surface area (Å²) in [6, 6.07) is 16.4. The van der Waals surface area contributed by atoms with Crippen LogP contribution in [0.5, 0.6) is 0 Å². The quantitative estimate of drug-likeness (QED) is 0.566. The second-order valence-electron chi connectivity index (χ2n) is 4.93. The molecule has 6 heteroatoms. The first-order valence-electron chi connectivity index (χ1n) is 7.26. The lowest BCUT2D eigenvalue weighted by atomic mass is 10.2. The Morgan fingerprint density at radius 2 is 1.87 bits per heavy atom. The van der Waals surface area contributed by atoms with Crippen LogP contribution in [0.3, 0.4) is 0 Å². The summed E-state index contributed by atoms with van der Waals surface area (Å²) in [5.74, 6) is 0. The third-order valence-electron chi connectivity index (χ3n) is 3.18. The average molecular weight is 312 g/mol. The predicted molar refractivity (Wildman–Crippen MR) is 93.0 cm³/mol. The number of hydrazone groups is 1. The Balaban J connectivity index is 1.84. The van der Waals surface area contributed by atoms with Gasteiger partial charge >= 0.3 is 6.03 Å². The topological polar surface area (TPSA) is 77.0 Å². The van der Waals surface area contributed by atoms with Crippen molar-refractivity contribution in [3.63, 3.8) is 0 Å². The Kier molecular flexibility index (Phi) is 6.14. The van der Waals surface area contributed by atoms with Crippen molar-refractivity contribution in [2.45, 2.75) is 0 Å². The Morgan fingerprint density at radius 1 is 1.17 bits per heavy atom. The van der Waals surface area contributed by atoms with Crippen LogP contribution in [0.4, 0.5) is 16.2 Å². The summed E-state index contributed by atoms with van der Waals surface area (Å²) >= 11 is 0. The number of carbonyl (C=O) groups excluding carboxylic acids is 1. The highest BCUT2D eigenvalue weighted by molar-refractivity contribution is 5.90. The van der Waals surface area contributed by atoms with E-state index < -0.39 is 6.03 Å². The number of para-hydroxylation sites is 1. The van der Waals surface area contributed by atoms with Crippen LogP contribution in [0.15, 0.2) is 59.7 Å². The molecular weight excluding hydrogens is 292 g/mol. The summed E-state index contributed by atoms with van der Waals surface area (Å²) in [6.07, 6.45) is 1.57. The molecule has 3 N–H and O–H groups in total. The van der Waals surface area contributed by atoms with Crippen molar-refractivity contribution in [3.05, 3.63) is 60.2 Å². The number of hydrogen-bond donors (Lipinski definition) is 3. The van der Waals surface area contributed by atoms with Crippen LogP contribution in [0.2, 0.25) is 0 Å². The van der Waals surface area contributed by atoms with E-state index in [1.54, 1.807) is 18.3 Å². The van der Waals surface area contributed by atoms with E-state index in [1.165, 1.54) is 0 Å². The summed E-state index contributed by atoms with van der Waals surface area (Å²) in [5, 5.41) is 15.5. The molecule has 0 radical (unpaired) electrons. The van der Waals surface area contributed by atoms with Crippen LogP contribution in [-0.2, 0) is 0 Å².